The zero-order valence-corrected chi connectivity index (χ0v) is 11.2. The van der Waals surface area contributed by atoms with Crippen LogP contribution in [0.15, 0.2) is 0 Å². The Kier molecular flexibility index (Phi) is 7.60. The van der Waals surface area contributed by atoms with Gasteiger partial charge in [0.15, 0.2) is 0 Å². The van der Waals surface area contributed by atoms with Crippen LogP contribution < -0.4 is 0 Å². The van der Waals surface area contributed by atoms with Crippen LogP contribution in [0, 0.1) is 11.8 Å². The van der Waals surface area contributed by atoms with Gasteiger partial charge in [0.1, 0.15) is 5.78 Å². The molecular formula is C13H26O3. The third kappa shape index (κ3) is 4.22. The van der Waals surface area contributed by atoms with E-state index in [2.05, 4.69) is 0 Å². The van der Waals surface area contributed by atoms with Gasteiger partial charge in [-0.1, -0.05) is 27.7 Å². The lowest BCUT2D eigenvalue weighted by atomic mass is 9.83. The van der Waals surface area contributed by atoms with Crippen molar-refractivity contribution < 1.29 is 14.6 Å². The van der Waals surface area contributed by atoms with E-state index in [9.17, 15) is 9.90 Å². The molecule has 0 aliphatic heterocycles. The molecule has 4 atom stereocenters. The molecule has 4 unspecified atom stereocenters. The highest BCUT2D eigenvalue weighted by atomic mass is 16.5. The van der Waals surface area contributed by atoms with Crippen molar-refractivity contribution in [3.05, 3.63) is 0 Å². The van der Waals surface area contributed by atoms with Gasteiger partial charge in [0.05, 0.1) is 12.2 Å². The van der Waals surface area contributed by atoms with Crippen LogP contribution in [-0.4, -0.2) is 30.2 Å². The standard InChI is InChI=1S/C13H26O3/c1-6-8-12(15)9(3)10(4)13(16-5)11(14)7-2/h9-11,13-14H,6-8H2,1-5H3. The summed E-state index contributed by atoms with van der Waals surface area (Å²) >= 11 is 0. The Labute approximate surface area is 99.2 Å². The van der Waals surface area contributed by atoms with Crippen LogP contribution in [0.5, 0.6) is 0 Å². The number of Topliss-reactive ketones (excluding diaryl/α,β-unsaturated/α-hetero) is 1. The minimum atomic E-state index is -0.489. The highest BCUT2D eigenvalue weighted by Crippen LogP contribution is 2.23. The molecule has 0 rings (SSSR count). The molecule has 16 heavy (non-hydrogen) atoms. The van der Waals surface area contributed by atoms with E-state index in [1.54, 1.807) is 7.11 Å². The Morgan fingerprint density at radius 2 is 1.88 bits per heavy atom. The molecule has 0 aromatic carbocycles. The minimum Gasteiger partial charge on any atom is -0.390 e. The van der Waals surface area contributed by atoms with Gasteiger partial charge in [-0.3, -0.25) is 4.79 Å². The number of ether oxygens (including phenoxy) is 1. The topological polar surface area (TPSA) is 46.5 Å². The van der Waals surface area contributed by atoms with Crippen molar-refractivity contribution in [2.75, 3.05) is 7.11 Å². The van der Waals surface area contributed by atoms with Crippen molar-refractivity contribution >= 4 is 5.78 Å². The van der Waals surface area contributed by atoms with Crippen LogP contribution in [0.1, 0.15) is 47.0 Å². The molecule has 3 heteroatoms. The Bertz CT molecular complexity index is 203. The van der Waals surface area contributed by atoms with Gasteiger partial charge >= 0.3 is 0 Å². The number of hydrogen-bond donors (Lipinski definition) is 1. The molecule has 1 N–H and O–H groups in total. The highest BCUT2D eigenvalue weighted by Gasteiger charge is 2.30. The van der Waals surface area contributed by atoms with Crippen molar-refractivity contribution in [1.82, 2.24) is 0 Å². The van der Waals surface area contributed by atoms with Crippen molar-refractivity contribution in [3.63, 3.8) is 0 Å². The molecular weight excluding hydrogens is 204 g/mol. The smallest absolute Gasteiger partial charge is 0.136 e. The predicted octanol–water partition coefficient (Wildman–Crippen LogP) is 2.41. The molecule has 0 heterocycles. The van der Waals surface area contributed by atoms with Crippen LogP contribution in [0.25, 0.3) is 0 Å². The third-order valence-corrected chi connectivity index (χ3v) is 3.38. The first-order valence-electron chi connectivity index (χ1n) is 6.23. The molecule has 0 saturated heterocycles. The molecule has 0 amide bonds. The lowest BCUT2D eigenvalue weighted by Gasteiger charge is -2.30. The number of carbonyl (C=O) groups is 1. The lowest BCUT2D eigenvalue weighted by molar-refractivity contribution is -0.127. The van der Waals surface area contributed by atoms with Crippen molar-refractivity contribution in [2.24, 2.45) is 11.8 Å². The fourth-order valence-corrected chi connectivity index (χ4v) is 2.01. The van der Waals surface area contributed by atoms with Gasteiger partial charge in [0, 0.05) is 19.4 Å². The van der Waals surface area contributed by atoms with Crippen molar-refractivity contribution in [1.29, 1.82) is 0 Å². The second-order valence-electron chi connectivity index (χ2n) is 4.54. The molecule has 0 bridgehead atoms. The van der Waals surface area contributed by atoms with E-state index in [-0.39, 0.29) is 23.7 Å². The number of hydrogen-bond acceptors (Lipinski definition) is 3. The van der Waals surface area contributed by atoms with E-state index in [0.29, 0.717) is 12.8 Å². The summed E-state index contributed by atoms with van der Waals surface area (Å²) in [5.41, 5.74) is 0. The Balaban J connectivity index is 4.48. The summed E-state index contributed by atoms with van der Waals surface area (Å²) in [6.45, 7) is 7.83. The highest BCUT2D eigenvalue weighted by molar-refractivity contribution is 5.80. The maximum absolute atomic E-state index is 11.8. The summed E-state index contributed by atoms with van der Waals surface area (Å²) < 4.78 is 5.31. The SMILES string of the molecule is CCCC(=O)C(C)C(C)C(OC)C(O)CC. The van der Waals surface area contributed by atoms with Crippen LogP contribution in [0.3, 0.4) is 0 Å². The monoisotopic (exact) mass is 230 g/mol. The first-order chi connectivity index (χ1) is 7.49. The van der Waals surface area contributed by atoms with E-state index in [0.717, 1.165) is 6.42 Å². The summed E-state index contributed by atoms with van der Waals surface area (Å²) in [6, 6.07) is 0. The normalized spacial score (nSPS) is 18.9. The van der Waals surface area contributed by atoms with E-state index in [1.165, 1.54) is 0 Å². The molecule has 0 aliphatic rings. The van der Waals surface area contributed by atoms with E-state index >= 15 is 0 Å². The largest absolute Gasteiger partial charge is 0.390 e. The fourth-order valence-electron chi connectivity index (χ4n) is 2.01. The molecule has 3 nitrogen and oxygen atoms in total. The molecule has 0 radical (unpaired) electrons. The Morgan fingerprint density at radius 1 is 1.31 bits per heavy atom. The van der Waals surface area contributed by atoms with Gasteiger partial charge < -0.3 is 9.84 Å². The summed E-state index contributed by atoms with van der Waals surface area (Å²) in [7, 11) is 1.59. The molecule has 0 saturated carbocycles. The first kappa shape index (κ1) is 15.6. The molecule has 0 fully saturated rings. The molecule has 0 aromatic rings. The van der Waals surface area contributed by atoms with Gasteiger partial charge in [-0.2, -0.15) is 0 Å². The van der Waals surface area contributed by atoms with Crippen LogP contribution in [0.4, 0.5) is 0 Å². The van der Waals surface area contributed by atoms with Gasteiger partial charge in [0.2, 0.25) is 0 Å². The third-order valence-electron chi connectivity index (χ3n) is 3.38. The summed E-state index contributed by atoms with van der Waals surface area (Å²) in [5, 5.41) is 9.81. The maximum Gasteiger partial charge on any atom is 0.136 e. The predicted molar refractivity (Wildman–Crippen MR) is 65.3 cm³/mol. The van der Waals surface area contributed by atoms with Crippen molar-refractivity contribution in [3.8, 4) is 0 Å². The Hall–Kier alpha value is -0.410. The van der Waals surface area contributed by atoms with E-state index < -0.39 is 6.10 Å². The molecule has 0 aromatic heterocycles. The number of ketones is 1. The Morgan fingerprint density at radius 3 is 2.25 bits per heavy atom. The van der Waals surface area contributed by atoms with Crippen LogP contribution in [-0.2, 0) is 9.53 Å². The number of aliphatic hydroxyl groups is 1. The quantitative estimate of drug-likeness (QED) is 0.696. The summed E-state index contributed by atoms with van der Waals surface area (Å²) in [5.74, 6) is 0.269. The second kappa shape index (κ2) is 7.80. The molecule has 96 valence electrons. The zero-order valence-electron chi connectivity index (χ0n) is 11.2. The summed E-state index contributed by atoms with van der Waals surface area (Å²) in [4.78, 5) is 11.8. The molecule has 0 aliphatic carbocycles. The van der Waals surface area contributed by atoms with Crippen molar-refractivity contribution in [2.45, 2.75) is 59.2 Å². The first-order valence-corrected chi connectivity index (χ1v) is 6.23. The number of rotatable bonds is 8. The van der Waals surface area contributed by atoms with E-state index in [1.807, 2.05) is 27.7 Å². The van der Waals surface area contributed by atoms with Crippen LogP contribution >= 0.6 is 0 Å². The fraction of sp³-hybridized carbons (Fsp3) is 0.923. The molecule has 0 spiro atoms. The maximum atomic E-state index is 11.8. The minimum absolute atomic E-state index is 0.0499. The average molecular weight is 230 g/mol. The van der Waals surface area contributed by atoms with Gasteiger partial charge in [0.25, 0.3) is 0 Å². The average Bonchev–Trinajstić information content (AvgIpc) is 2.28. The van der Waals surface area contributed by atoms with Gasteiger partial charge in [-0.25, -0.2) is 0 Å². The second-order valence-corrected chi connectivity index (χ2v) is 4.54. The van der Waals surface area contributed by atoms with Gasteiger partial charge in [-0.05, 0) is 18.8 Å². The van der Waals surface area contributed by atoms with Crippen LogP contribution in [0.2, 0.25) is 0 Å². The number of methoxy groups -OCH3 is 1. The zero-order chi connectivity index (χ0) is 12.7. The van der Waals surface area contributed by atoms with Gasteiger partial charge in [-0.15, -0.1) is 0 Å². The van der Waals surface area contributed by atoms with E-state index in [4.69, 9.17) is 4.74 Å². The number of aliphatic hydroxyl groups excluding tert-OH is 1. The number of carbonyl (C=O) groups excluding carboxylic acids is 1. The lowest BCUT2D eigenvalue weighted by Crippen LogP contribution is -2.38. The summed E-state index contributed by atoms with van der Waals surface area (Å²) in [6.07, 6.45) is 1.41.